The molecule has 94 valence electrons. The second kappa shape index (κ2) is 7.92. The molecular weight excluding hydrogens is 265 g/mol. The number of halogens is 2. The number of amides is 1. The molecule has 0 radical (unpaired) electrons. The van der Waals surface area contributed by atoms with Gasteiger partial charge in [-0.05, 0) is 25.1 Å². The van der Waals surface area contributed by atoms with Crippen molar-refractivity contribution in [3.8, 4) is 0 Å². The average Bonchev–Trinajstić information content (AvgIpc) is 2.26. The van der Waals surface area contributed by atoms with Crippen molar-refractivity contribution in [2.24, 2.45) is 0 Å². The molecule has 0 spiro atoms. The number of hydrogen-bond donors (Lipinski definition) is 1. The molecule has 0 aliphatic carbocycles. The van der Waals surface area contributed by atoms with Crippen molar-refractivity contribution in [1.82, 2.24) is 5.32 Å². The van der Waals surface area contributed by atoms with Gasteiger partial charge in [0.05, 0.1) is 6.61 Å². The van der Waals surface area contributed by atoms with E-state index in [0.717, 1.165) is 0 Å². The molecule has 0 aliphatic heterocycles. The van der Waals surface area contributed by atoms with E-state index in [0.29, 0.717) is 17.2 Å². The number of carbonyl (C=O) groups is 2. The van der Waals surface area contributed by atoms with Crippen molar-refractivity contribution in [3.05, 3.63) is 34.9 Å². The zero-order chi connectivity index (χ0) is 12.0. The highest BCUT2D eigenvalue weighted by Crippen LogP contribution is 2.10. The van der Waals surface area contributed by atoms with E-state index in [2.05, 4.69) is 10.1 Å². The molecule has 0 heterocycles. The van der Waals surface area contributed by atoms with Crippen LogP contribution in [-0.4, -0.2) is 25.0 Å². The molecule has 1 aromatic rings. The maximum atomic E-state index is 11.5. The van der Waals surface area contributed by atoms with Gasteiger partial charge in [-0.25, -0.2) is 0 Å². The molecule has 1 N–H and O–H groups in total. The van der Waals surface area contributed by atoms with Gasteiger partial charge in [0.1, 0.15) is 6.54 Å². The lowest BCUT2D eigenvalue weighted by Crippen LogP contribution is -2.30. The van der Waals surface area contributed by atoms with Crippen LogP contribution in [0.25, 0.3) is 0 Å². The number of hydrogen-bond acceptors (Lipinski definition) is 3. The Morgan fingerprint density at radius 3 is 2.71 bits per heavy atom. The highest BCUT2D eigenvalue weighted by atomic mass is 35.5. The molecule has 0 saturated carbocycles. The predicted octanol–water partition coefficient (Wildman–Crippen LogP) is 2.05. The molecule has 0 aromatic heterocycles. The predicted molar refractivity (Wildman–Crippen MR) is 67.7 cm³/mol. The standard InChI is InChI=1S/C11H12ClNO3.ClH/c1-2-16-10(14)7-13-11(15)8-4-3-5-9(12)6-8;/h3-6H,2,7H2,1H3,(H,13,15);1H. The zero-order valence-electron chi connectivity index (χ0n) is 9.23. The Labute approximate surface area is 111 Å². The molecule has 0 saturated heterocycles. The van der Waals surface area contributed by atoms with E-state index in [1.807, 2.05) is 0 Å². The molecule has 0 aliphatic rings. The highest BCUT2D eigenvalue weighted by Gasteiger charge is 2.08. The highest BCUT2D eigenvalue weighted by molar-refractivity contribution is 6.30. The quantitative estimate of drug-likeness (QED) is 0.858. The molecule has 0 fully saturated rings. The van der Waals surface area contributed by atoms with E-state index in [1.54, 1.807) is 25.1 Å². The Morgan fingerprint density at radius 1 is 1.41 bits per heavy atom. The Kier molecular flexibility index (Phi) is 7.34. The Balaban J connectivity index is 0.00000256. The third-order valence-corrected chi connectivity index (χ3v) is 2.02. The Hall–Kier alpha value is -1.26. The summed E-state index contributed by atoms with van der Waals surface area (Å²) in [5.41, 5.74) is 0.414. The van der Waals surface area contributed by atoms with Gasteiger partial charge < -0.3 is 10.1 Å². The van der Waals surface area contributed by atoms with Crippen molar-refractivity contribution in [3.63, 3.8) is 0 Å². The molecule has 17 heavy (non-hydrogen) atoms. The Bertz CT molecular complexity index is 396. The van der Waals surface area contributed by atoms with Gasteiger partial charge >= 0.3 is 5.97 Å². The molecule has 0 bridgehead atoms. The molecule has 1 rings (SSSR count). The first-order valence-corrected chi connectivity index (χ1v) is 5.20. The van der Waals surface area contributed by atoms with Crippen molar-refractivity contribution in [2.45, 2.75) is 6.92 Å². The van der Waals surface area contributed by atoms with Crippen LogP contribution >= 0.6 is 24.0 Å². The maximum Gasteiger partial charge on any atom is 0.325 e. The lowest BCUT2D eigenvalue weighted by molar-refractivity contribution is -0.141. The van der Waals surface area contributed by atoms with Crippen LogP contribution < -0.4 is 5.32 Å². The molecule has 0 atom stereocenters. The number of nitrogens with one attached hydrogen (secondary N) is 1. The fraction of sp³-hybridized carbons (Fsp3) is 0.273. The summed E-state index contributed by atoms with van der Waals surface area (Å²) >= 11 is 5.73. The smallest absolute Gasteiger partial charge is 0.325 e. The van der Waals surface area contributed by atoms with E-state index in [-0.39, 0.29) is 24.9 Å². The lowest BCUT2D eigenvalue weighted by atomic mass is 10.2. The van der Waals surface area contributed by atoms with Crippen LogP contribution in [0.15, 0.2) is 24.3 Å². The van der Waals surface area contributed by atoms with Crippen LogP contribution in [-0.2, 0) is 9.53 Å². The van der Waals surface area contributed by atoms with Gasteiger partial charge in [0.15, 0.2) is 0 Å². The van der Waals surface area contributed by atoms with Crippen molar-refractivity contribution in [1.29, 1.82) is 0 Å². The van der Waals surface area contributed by atoms with Gasteiger partial charge in [0.2, 0.25) is 0 Å². The average molecular weight is 278 g/mol. The normalized spacial score (nSPS) is 9.06. The minimum atomic E-state index is -0.460. The van der Waals surface area contributed by atoms with E-state index < -0.39 is 5.97 Å². The summed E-state index contributed by atoms with van der Waals surface area (Å²) in [6.07, 6.45) is 0. The van der Waals surface area contributed by atoms with Crippen LogP contribution in [0, 0.1) is 0 Å². The first-order chi connectivity index (χ1) is 7.63. The molecular formula is C11H13Cl2NO3. The molecule has 1 aromatic carbocycles. The van der Waals surface area contributed by atoms with E-state index >= 15 is 0 Å². The van der Waals surface area contributed by atoms with Gasteiger partial charge in [0, 0.05) is 10.6 Å². The lowest BCUT2D eigenvalue weighted by Gasteiger charge is -2.04. The topological polar surface area (TPSA) is 55.4 Å². The van der Waals surface area contributed by atoms with Crippen LogP contribution in [0.1, 0.15) is 17.3 Å². The monoisotopic (exact) mass is 277 g/mol. The third-order valence-electron chi connectivity index (χ3n) is 1.79. The number of ether oxygens (including phenoxy) is 1. The number of benzene rings is 1. The van der Waals surface area contributed by atoms with Gasteiger partial charge in [-0.2, -0.15) is 0 Å². The van der Waals surface area contributed by atoms with Crippen molar-refractivity contribution >= 4 is 35.9 Å². The SMILES string of the molecule is CCOC(=O)CNC(=O)c1cccc(Cl)c1.Cl. The minimum absolute atomic E-state index is 0. The van der Waals surface area contributed by atoms with E-state index in [4.69, 9.17) is 11.6 Å². The summed E-state index contributed by atoms with van der Waals surface area (Å²) in [4.78, 5) is 22.5. The van der Waals surface area contributed by atoms with Crippen LogP contribution in [0.3, 0.4) is 0 Å². The summed E-state index contributed by atoms with van der Waals surface area (Å²) in [6, 6.07) is 6.49. The molecule has 1 amide bonds. The fourth-order valence-electron chi connectivity index (χ4n) is 1.10. The zero-order valence-corrected chi connectivity index (χ0v) is 10.8. The summed E-state index contributed by atoms with van der Waals surface area (Å²) in [6.45, 7) is 1.86. The van der Waals surface area contributed by atoms with Crippen LogP contribution in [0.2, 0.25) is 5.02 Å². The Morgan fingerprint density at radius 2 is 2.12 bits per heavy atom. The first kappa shape index (κ1) is 15.7. The second-order valence-electron chi connectivity index (χ2n) is 3.00. The van der Waals surface area contributed by atoms with Gasteiger partial charge in [-0.3, -0.25) is 9.59 Å². The summed E-state index contributed by atoms with van der Waals surface area (Å²) in [7, 11) is 0. The molecule has 6 heteroatoms. The van der Waals surface area contributed by atoms with Gasteiger partial charge in [0.25, 0.3) is 5.91 Å². The summed E-state index contributed by atoms with van der Waals surface area (Å²) < 4.78 is 4.67. The molecule has 4 nitrogen and oxygen atoms in total. The van der Waals surface area contributed by atoms with Crippen molar-refractivity contribution in [2.75, 3.05) is 13.2 Å². The van der Waals surface area contributed by atoms with Crippen LogP contribution in [0.4, 0.5) is 0 Å². The van der Waals surface area contributed by atoms with E-state index in [9.17, 15) is 9.59 Å². The summed E-state index contributed by atoms with van der Waals surface area (Å²) in [5, 5.41) is 2.91. The fourth-order valence-corrected chi connectivity index (χ4v) is 1.29. The number of esters is 1. The third kappa shape index (κ3) is 5.56. The minimum Gasteiger partial charge on any atom is -0.465 e. The van der Waals surface area contributed by atoms with Gasteiger partial charge in [-0.1, -0.05) is 17.7 Å². The van der Waals surface area contributed by atoms with Crippen LogP contribution in [0.5, 0.6) is 0 Å². The van der Waals surface area contributed by atoms with E-state index in [1.165, 1.54) is 6.07 Å². The largest absolute Gasteiger partial charge is 0.465 e. The summed E-state index contributed by atoms with van der Waals surface area (Å²) in [5.74, 6) is -0.812. The maximum absolute atomic E-state index is 11.5. The van der Waals surface area contributed by atoms with Crippen molar-refractivity contribution < 1.29 is 14.3 Å². The molecule has 0 unspecified atom stereocenters. The first-order valence-electron chi connectivity index (χ1n) is 4.83. The second-order valence-corrected chi connectivity index (χ2v) is 3.43. The number of rotatable bonds is 4. The van der Waals surface area contributed by atoms with Gasteiger partial charge in [-0.15, -0.1) is 12.4 Å². The number of carbonyl (C=O) groups excluding carboxylic acids is 2.